The molecule has 1 atom stereocenters. The maximum Gasteiger partial charge on any atom is 0.218 e. The third kappa shape index (κ3) is 4.07. The van der Waals surface area contributed by atoms with Crippen LogP contribution in [0.2, 0.25) is 0 Å². The number of carbonyl (C=O) groups excluding carboxylic acids is 1. The molecule has 0 aliphatic carbocycles. The van der Waals surface area contributed by atoms with Gasteiger partial charge in [0.25, 0.3) is 0 Å². The van der Waals surface area contributed by atoms with E-state index in [0.717, 1.165) is 6.54 Å². The average Bonchev–Trinajstić information content (AvgIpc) is 2.64. The normalized spacial score (nSPS) is 19.8. The zero-order valence-corrected chi connectivity index (χ0v) is 8.96. The lowest BCUT2D eigenvalue weighted by atomic mass is 10.3. The van der Waals surface area contributed by atoms with Crippen LogP contribution in [0.5, 0.6) is 0 Å². The summed E-state index contributed by atoms with van der Waals surface area (Å²) in [4.78, 5) is 13.0. The molecule has 1 amide bonds. The second-order valence-corrected chi connectivity index (χ2v) is 4.01. The quantitative estimate of drug-likeness (QED) is 0.589. The van der Waals surface area contributed by atoms with Crippen LogP contribution in [0.25, 0.3) is 0 Å². The second-order valence-electron chi connectivity index (χ2n) is 4.01. The van der Waals surface area contributed by atoms with E-state index >= 15 is 0 Å². The molecule has 1 heterocycles. The number of carbonyl (C=O) groups is 1. The molecule has 0 bridgehead atoms. The van der Waals surface area contributed by atoms with E-state index in [1.165, 1.54) is 25.9 Å². The number of primary amides is 1. The van der Waals surface area contributed by atoms with Crippen LogP contribution < -0.4 is 11.1 Å². The van der Waals surface area contributed by atoms with Crippen molar-refractivity contribution in [2.45, 2.75) is 32.2 Å². The van der Waals surface area contributed by atoms with Crippen molar-refractivity contribution in [3.05, 3.63) is 0 Å². The van der Waals surface area contributed by atoms with Gasteiger partial charge >= 0.3 is 0 Å². The first kappa shape index (κ1) is 11.5. The van der Waals surface area contributed by atoms with Crippen LogP contribution in [0.3, 0.4) is 0 Å². The van der Waals surface area contributed by atoms with E-state index in [-0.39, 0.29) is 5.91 Å². The van der Waals surface area contributed by atoms with Crippen LogP contribution >= 0.6 is 0 Å². The minimum atomic E-state index is -0.230. The maximum absolute atomic E-state index is 10.5. The molecule has 1 unspecified atom stereocenters. The van der Waals surface area contributed by atoms with E-state index < -0.39 is 0 Å². The van der Waals surface area contributed by atoms with Gasteiger partial charge in [-0.25, -0.2) is 0 Å². The Morgan fingerprint density at radius 1 is 1.50 bits per heavy atom. The molecule has 0 radical (unpaired) electrons. The van der Waals surface area contributed by atoms with Gasteiger partial charge in [-0.05, 0) is 32.9 Å². The molecule has 0 spiro atoms. The molecule has 82 valence electrons. The van der Waals surface area contributed by atoms with Gasteiger partial charge in [0, 0.05) is 25.6 Å². The van der Waals surface area contributed by atoms with Gasteiger partial charge in [0.2, 0.25) is 5.91 Å². The van der Waals surface area contributed by atoms with Crippen molar-refractivity contribution in [2.24, 2.45) is 5.73 Å². The molecule has 0 aromatic rings. The third-order valence-corrected chi connectivity index (χ3v) is 2.75. The predicted molar refractivity (Wildman–Crippen MR) is 57.0 cm³/mol. The summed E-state index contributed by atoms with van der Waals surface area (Å²) in [6.45, 7) is 6.32. The van der Waals surface area contributed by atoms with Gasteiger partial charge in [0.15, 0.2) is 0 Å². The van der Waals surface area contributed by atoms with Gasteiger partial charge in [-0.3, -0.25) is 9.69 Å². The molecular formula is C10H21N3O. The summed E-state index contributed by atoms with van der Waals surface area (Å²) in [5, 5.41) is 3.25. The highest BCUT2D eigenvalue weighted by atomic mass is 16.1. The highest BCUT2D eigenvalue weighted by molar-refractivity contribution is 5.73. The molecule has 0 aromatic carbocycles. The lowest BCUT2D eigenvalue weighted by Crippen LogP contribution is -2.39. The highest BCUT2D eigenvalue weighted by Gasteiger charge is 2.17. The summed E-state index contributed by atoms with van der Waals surface area (Å²) in [5.41, 5.74) is 5.04. The SMILES string of the molecule is CC(CNCCC(N)=O)N1CCCC1. The van der Waals surface area contributed by atoms with E-state index in [2.05, 4.69) is 17.1 Å². The van der Waals surface area contributed by atoms with E-state index in [0.29, 0.717) is 19.0 Å². The molecular weight excluding hydrogens is 178 g/mol. The van der Waals surface area contributed by atoms with Crippen LogP contribution in [0.1, 0.15) is 26.2 Å². The molecule has 4 heteroatoms. The number of nitrogens with one attached hydrogen (secondary N) is 1. The molecule has 14 heavy (non-hydrogen) atoms. The van der Waals surface area contributed by atoms with Crippen molar-refractivity contribution in [3.8, 4) is 0 Å². The molecule has 1 fully saturated rings. The first-order valence-electron chi connectivity index (χ1n) is 5.43. The molecule has 3 N–H and O–H groups in total. The highest BCUT2D eigenvalue weighted by Crippen LogP contribution is 2.10. The molecule has 1 rings (SSSR count). The third-order valence-electron chi connectivity index (χ3n) is 2.75. The Morgan fingerprint density at radius 2 is 2.14 bits per heavy atom. The Labute approximate surface area is 85.8 Å². The summed E-state index contributed by atoms with van der Waals surface area (Å²) < 4.78 is 0. The Morgan fingerprint density at radius 3 is 2.71 bits per heavy atom. The zero-order valence-electron chi connectivity index (χ0n) is 8.96. The van der Waals surface area contributed by atoms with Crippen LogP contribution in [-0.4, -0.2) is 43.0 Å². The molecule has 1 aliphatic rings. The fraction of sp³-hybridized carbons (Fsp3) is 0.900. The zero-order chi connectivity index (χ0) is 10.4. The van der Waals surface area contributed by atoms with Crippen LogP contribution in [0.4, 0.5) is 0 Å². The van der Waals surface area contributed by atoms with Crippen molar-refractivity contribution in [1.29, 1.82) is 0 Å². The Bertz CT molecular complexity index is 178. The molecule has 1 saturated heterocycles. The largest absolute Gasteiger partial charge is 0.370 e. The summed E-state index contributed by atoms with van der Waals surface area (Å²) in [6.07, 6.45) is 3.09. The molecule has 0 saturated carbocycles. The smallest absolute Gasteiger partial charge is 0.218 e. The minimum Gasteiger partial charge on any atom is -0.370 e. The Kier molecular flexibility index (Phi) is 4.90. The van der Waals surface area contributed by atoms with Crippen LogP contribution in [0.15, 0.2) is 0 Å². The first-order valence-corrected chi connectivity index (χ1v) is 5.43. The Balaban J connectivity index is 2.02. The second kappa shape index (κ2) is 5.98. The number of amides is 1. The van der Waals surface area contributed by atoms with E-state index in [4.69, 9.17) is 5.73 Å². The summed E-state index contributed by atoms with van der Waals surface area (Å²) >= 11 is 0. The number of hydrogen-bond donors (Lipinski definition) is 2. The van der Waals surface area contributed by atoms with E-state index in [9.17, 15) is 4.79 Å². The maximum atomic E-state index is 10.5. The van der Waals surface area contributed by atoms with E-state index in [1.54, 1.807) is 0 Å². The average molecular weight is 199 g/mol. The number of likely N-dealkylation sites (tertiary alicyclic amines) is 1. The van der Waals surface area contributed by atoms with Crippen LogP contribution in [0, 0.1) is 0 Å². The number of nitrogens with zero attached hydrogens (tertiary/aromatic N) is 1. The van der Waals surface area contributed by atoms with Crippen LogP contribution in [-0.2, 0) is 4.79 Å². The summed E-state index contributed by atoms with van der Waals surface area (Å²) in [6, 6.07) is 0.574. The van der Waals surface area contributed by atoms with Crippen molar-refractivity contribution in [3.63, 3.8) is 0 Å². The van der Waals surface area contributed by atoms with Gasteiger partial charge in [0.1, 0.15) is 0 Å². The van der Waals surface area contributed by atoms with Crippen molar-refractivity contribution in [2.75, 3.05) is 26.2 Å². The predicted octanol–water partition coefficient (Wildman–Crippen LogP) is -0.0643. The Hall–Kier alpha value is -0.610. The van der Waals surface area contributed by atoms with Gasteiger partial charge in [-0.15, -0.1) is 0 Å². The standard InChI is InChI=1S/C10H21N3O/c1-9(13-6-2-3-7-13)8-12-5-4-10(11)14/h9,12H,2-8H2,1H3,(H2,11,14). The van der Waals surface area contributed by atoms with E-state index in [1.807, 2.05) is 0 Å². The van der Waals surface area contributed by atoms with Gasteiger partial charge in [0.05, 0.1) is 0 Å². The van der Waals surface area contributed by atoms with Crippen molar-refractivity contribution in [1.82, 2.24) is 10.2 Å². The lowest BCUT2D eigenvalue weighted by Gasteiger charge is -2.23. The number of rotatable bonds is 6. The fourth-order valence-corrected chi connectivity index (χ4v) is 1.83. The number of nitrogens with two attached hydrogens (primary N) is 1. The van der Waals surface area contributed by atoms with Gasteiger partial charge < -0.3 is 11.1 Å². The number of hydrogen-bond acceptors (Lipinski definition) is 3. The lowest BCUT2D eigenvalue weighted by molar-refractivity contribution is -0.117. The monoisotopic (exact) mass is 199 g/mol. The molecule has 1 aliphatic heterocycles. The molecule has 0 aromatic heterocycles. The van der Waals surface area contributed by atoms with Gasteiger partial charge in [-0.2, -0.15) is 0 Å². The van der Waals surface area contributed by atoms with Gasteiger partial charge in [-0.1, -0.05) is 0 Å². The fourth-order valence-electron chi connectivity index (χ4n) is 1.83. The summed E-state index contributed by atoms with van der Waals surface area (Å²) in [7, 11) is 0. The molecule has 4 nitrogen and oxygen atoms in total. The van der Waals surface area contributed by atoms with Crippen molar-refractivity contribution >= 4 is 5.91 Å². The minimum absolute atomic E-state index is 0.230. The first-order chi connectivity index (χ1) is 6.70. The topological polar surface area (TPSA) is 58.4 Å². The van der Waals surface area contributed by atoms with Crippen molar-refractivity contribution < 1.29 is 4.79 Å². The summed E-state index contributed by atoms with van der Waals surface area (Å²) in [5.74, 6) is -0.230.